The fourth-order valence-electron chi connectivity index (χ4n) is 3.35. The summed E-state index contributed by atoms with van der Waals surface area (Å²) in [5, 5.41) is 2.85. The molecule has 0 saturated carbocycles. The van der Waals surface area contributed by atoms with E-state index in [1.54, 1.807) is 14.2 Å². The molecule has 1 heterocycles. The lowest BCUT2D eigenvalue weighted by molar-refractivity contribution is -0.123. The molecular weight excluding hydrogens is 358 g/mol. The number of nitrogens with one attached hydrogen (secondary N) is 1. The van der Waals surface area contributed by atoms with Crippen LogP contribution in [0.1, 0.15) is 31.1 Å². The molecule has 3 rings (SSSR count). The number of fused-ring (bicyclic) bond motifs is 1. The van der Waals surface area contributed by atoms with Gasteiger partial charge in [0.25, 0.3) is 5.91 Å². The summed E-state index contributed by atoms with van der Waals surface area (Å²) in [5.41, 5.74) is 1.72. The molecule has 1 N–H and O–H groups in total. The van der Waals surface area contributed by atoms with E-state index in [0.29, 0.717) is 12.3 Å². The Hall–Kier alpha value is -2.73. The molecule has 2 aromatic rings. The van der Waals surface area contributed by atoms with Crippen LogP contribution in [0, 0.1) is 0 Å². The van der Waals surface area contributed by atoms with Gasteiger partial charge in [-0.1, -0.05) is 30.3 Å². The Morgan fingerprint density at radius 3 is 2.64 bits per heavy atom. The van der Waals surface area contributed by atoms with Gasteiger partial charge < -0.3 is 24.3 Å². The molecule has 150 valence electrons. The van der Waals surface area contributed by atoms with Gasteiger partial charge in [-0.3, -0.25) is 4.79 Å². The smallest absolute Gasteiger partial charge is 0.258 e. The van der Waals surface area contributed by atoms with E-state index in [1.807, 2.05) is 56.3 Å². The van der Waals surface area contributed by atoms with Gasteiger partial charge in [-0.25, -0.2) is 0 Å². The van der Waals surface area contributed by atoms with E-state index in [-0.39, 0.29) is 24.2 Å². The number of benzene rings is 2. The molecule has 0 fully saturated rings. The summed E-state index contributed by atoms with van der Waals surface area (Å²) in [4.78, 5) is 12.3. The van der Waals surface area contributed by atoms with Crippen LogP contribution in [0.5, 0.6) is 17.2 Å². The monoisotopic (exact) mass is 385 g/mol. The van der Waals surface area contributed by atoms with Crippen LogP contribution in [-0.4, -0.2) is 38.9 Å². The number of amides is 1. The highest BCUT2D eigenvalue weighted by Gasteiger charge is 2.32. The normalized spacial score (nSPS) is 15.3. The SMILES string of the molecule is COc1ccccc1C(CNC(=O)COc1cccc2c1OC(C)(C)C2)OC. The van der Waals surface area contributed by atoms with Gasteiger partial charge in [0.05, 0.1) is 7.11 Å². The molecule has 0 bridgehead atoms. The molecular formula is C22H27NO5. The first-order valence-corrected chi connectivity index (χ1v) is 9.29. The van der Waals surface area contributed by atoms with Crippen molar-refractivity contribution in [2.24, 2.45) is 0 Å². The summed E-state index contributed by atoms with van der Waals surface area (Å²) >= 11 is 0. The number of methoxy groups -OCH3 is 2. The zero-order valence-corrected chi connectivity index (χ0v) is 16.8. The number of para-hydroxylation sites is 2. The number of carbonyl (C=O) groups is 1. The zero-order valence-electron chi connectivity index (χ0n) is 16.8. The number of rotatable bonds is 8. The maximum atomic E-state index is 12.3. The average Bonchev–Trinajstić information content (AvgIpc) is 3.01. The first-order chi connectivity index (χ1) is 13.4. The molecule has 0 aromatic heterocycles. The fourth-order valence-corrected chi connectivity index (χ4v) is 3.35. The van der Waals surface area contributed by atoms with Gasteiger partial charge in [0.2, 0.25) is 0 Å². The topological polar surface area (TPSA) is 66.0 Å². The summed E-state index contributed by atoms with van der Waals surface area (Å²) < 4.78 is 22.6. The van der Waals surface area contributed by atoms with Crippen LogP contribution in [0.15, 0.2) is 42.5 Å². The van der Waals surface area contributed by atoms with Crippen LogP contribution in [0.4, 0.5) is 0 Å². The Morgan fingerprint density at radius 1 is 1.14 bits per heavy atom. The van der Waals surface area contributed by atoms with Crippen LogP contribution in [0.25, 0.3) is 0 Å². The largest absolute Gasteiger partial charge is 0.496 e. The van der Waals surface area contributed by atoms with E-state index in [2.05, 4.69) is 5.32 Å². The Balaban J connectivity index is 1.56. The lowest BCUT2D eigenvalue weighted by Crippen LogP contribution is -2.33. The van der Waals surface area contributed by atoms with Gasteiger partial charge in [0.15, 0.2) is 18.1 Å². The molecule has 1 atom stereocenters. The van der Waals surface area contributed by atoms with Crippen molar-refractivity contribution in [3.8, 4) is 17.2 Å². The Labute approximate surface area is 165 Å². The summed E-state index contributed by atoms with van der Waals surface area (Å²) in [6, 6.07) is 13.3. The molecule has 6 nitrogen and oxygen atoms in total. The van der Waals surface area contributed by atoms with Crippen molar-refractivity contribution in [2.45, 2.75) is 32.0 Å². The maximum absolute atomic E-state index is 12.3. The molecule has 0 aliphatic carbocycles. The van der Waals surface area contributed by atoms with Crippen LogP contribution in [-0.2, 0) is 16.0 Å². The van der Waals surface area contributed by atoms with Gasteiger partial charge >= 0.3 is 0 Å². The van der Waals surface area contributed by atoms with Gasteiger partial charge in [0.1, 0.15) is 17.5 Å². The minimum Gasteiger partial charge on any atom is -0.496 e. The van der Waals surface area contributed by atoms with E-state index in [1.165, 1.54) is 0 Å². The molecule has 1 aliphatic heterocycles. The Morgan fingerprint density at radius 2 is 1.89 bits per heavy atom. The zero-order chi connectivity index (χ0) is 20.1. The lowest BCUT2D eigenvalue weighted by Gasteiger charge is -2.19. The maximum Gasteiger partial charge on any atom is 0.258 e. The Kier molecular flexibility index (Phi) is 6.09. The number of hydrogen-bond donors (Lipinski definition) is 1. The second-order valence-electron chi connectivity index (χ2n) is 7.34. The van der Waals surface area contributed by atoms with Crippen molar-refractivity contribution in [1.29, 1.82) is 0 Å². The third-order valence-electron chi connectivity index (χ3n) is 4.67. The molecule has 1 unspecified atom stereocenters. The van der Waals surface area contributed by atoms with E-state index in [4.69, 9.17) is 18.9 Å². The number of ether oxygens (including phenoxy) is 4. The summed E-state index contributed by atoms with van der Waals surface area (Å²) in [5.74, 6) is 1.81. The standard InChI is InChI=1S/C22H27NO5/c1-22(2)12-15-8-7-11-18(21(15)28-22)27-14-20(24)23-13-19(26-4)16-9-5-6-10-17(16)25-3/h5-11,19H,12-14H2,1-4H3,(H,23,24). The fraction of sp³-hybridized carbons (Fsp3) is 0.409. The van der Waals surface area contributed by atoms with Crippen molar-refractivity contribution in [2.75, 3.05) is 27.4 Å². The summed E-state index contributed by atoms with van der Waals surface area (Å²) in [7, 11) is 3.21. The van der Waals surface area contributed by atoms with Crippen LogP contribution >= 0.6 is 0 Å². The first kappa shape index (κ1) is 20.0. The van der Waals surface area contributed by atoms with Gasteiger partial charge in [0, 0.05) is 31.2 Å². The first-order valence-electron chi connectivity index (χ1n) is 9.29. The predicted octanol–water partition coefficient (Wildman–Crippen LogP) is 3.29. The molecule has 0 saturated heterocycles. The molecule has 6 heteroatoms. The summed E-state index contributed by atoms with van der Waals surface area (Å²) in [6.07, 6.45) is 0.505. The highest BCUT2D eigenvalue weighted by Crippen LogP contribution is 2.41. The molecule has 2 aromatic carbocycles. The predicted molar refractivity (Wildman–Crippen MR) is 106 cm³/mol. The Bertz CT molecular complexity index is 833. The minimum atomic E-state index is -0.315. The molecule has 1 amide bonds. The van der Waals surface area contributed by atoms with Gasteiger partial charge in [-0.05, 0) is 26.0 Å². The van der Waals surface area contributed by atoms with Crippen molar-refractivity contribution < 1.29 is 23.7 Å². The molecule has 28 heavy (non-hydrogen) atoms. The average molecular weight is 385 g/mol. The van der Waals surface area contributed by atoms with E-state index in [0.717, 1.165) is 29.0 Å². The summed E-state index contributed by atoms with van der Waals surface area (Å²) in [6.45, 7) is 4.29. The van der Waals surface area contributed by atoms with Crippen LogP contribution < -0.4 is 19.5 Å². The molecule has 0 spiro atoms. The van der Waals surface area contributed by atoms with E-state index < -0.39 is 0 Å². The van der Waals surface area contributed by atoms with E-state index in [9.17, 15) is 4.79 Å². The third kappa shape index (κ3) is 4.57. The van der Waals surface area contributed by atoms with E-state index >= 15 is 0 Å². The number of carbonyl (C=O) groups excluding carboxylic acids is 1. The van der Waals surface area contributed by atoms with Crippen molar-refractivity contribution in [3.63, 3.8) is 0 Å². The molecule has 1 aliphatic rings. The second-order valence-corrected chi connectivity index (χ2v) is 7.34. The second kappa shape index (κ2) is 8.52. The van der Waals surface area contributed by atoms with Crippen LogP contribution in [0.2, 0.25) is 0 Å². The van der Waals surface area contributed by atoms with Crippen molar-refractivity contribution in [1.82, 2.24) is 5.32 Å². The number of hydrogen-bond acceptors (Lipinski definition) is 5. The lowest BCUT2D eigenvalue weighted by atomic mass is 10.0. The minimum absolute atomic E-state index is 0.0946. The van der Waals surface area contributed by atoms with Gasteiger partial charge in [-0.15, -0.1) is 0 Å². The van der Waals surface area contributed by atoms with Crippen LogP contribution in [0.3, 0.4) is 0 Å². The van der Waals surface area contributed by atoms with Crippen molar-refractivity contribution in [3.05, 3.63) is 53.6 Å². The van der Waals surface area contributed by atoms with Crippen molar-refractivity contribution >= 4 is 5.91 Å². The quantitative estimate of drug-likeness (QED) is 0.755. The highest BCUT2D eigenvalue weighted by atomic mass is 16.5. The third-order valence-corrected chi connectivity index (χ3v) is 4.67. The molecule has 0 radical (unpaired) electrons. The van der Waals surface area contributed by atoms with Gasteiger partial charge in [-0.2, -0.15) is 0 Å². The highest BCUT2D eigenvalue weighted by molar-refractivity contribution is 5.77.